The van der Waals surface area contributed by atoms with Gasteiger partial charge in [0.05, 0.1) is 5.60 Å². The van der Waals surface area contributed by atoms with Gasteiger partial charge in [0.2, 0.25) is 0 Å². The number of piperidine rings is 1. The summed E-state index contributed by atoms with van der Waals surface area (Å²) in [6.45, 7) is 4.17. The first-order valence-electron chi connectivity index (χ1n) is 4.63. The molecule has 0 radical (unpaired) electrons. The Morgan fingerprint density at radius 3 is 3.00 bits per heavy atom. The summed E-state index contributed by atoms with van der Waals surface area (Å²) in [6, 6.07) is 0. The van der Waals surface area contributed by atoms with Crippen molar-refractivity contribution in [2.24, 2.45) is 11.8 Å². The molecule has 1 heterocycles. The van der Waals surface area contributed by atoms with E-state index in [1.807, 2.05) is 6.92 Å². The monoisotopic (exact) mass is 155 g/mol. The van der Waals surface area contributed by atoms with Crippen LogP contribution in [0.5, 0.6) is 0 Å². The molecular weight excluding hydrogens is 138 g/mol. The van der Waals surface area contributed by atoms with E-state index in [2.05, 4.69) is 5.32 Å². The topological polar surface area (TPSA) is 32.3 Å². The van der Waals surface area contributed by atoms with Crippen molar-refractivity contribution in [1.29, 1.82) is 0 Å². The summed E-state index contributed by atoms with van der Waals surface area (Å²) in [5.74, 6) is 1.32. The zero-order chi connectivity index (χ0) is 7.90. The van der Waals surface area contributed by atoms with Gasteiger partial charge in [0.25, 0.3) is 0 Å². The Morgan fingerprint density at radius 2 is 2.27 bits per heavy atom. The van der Waals surface area contributed by atoms with Crippen LogP contribution in [0.4, 0.5) is 0 Å². The first-order chi connectivity index (χ1) is 5.20. The smallest absolute Gasteiger partial charge is 0.0662 e. The zero-order valence-corrected chi connectivity index (χ0v) is 7.14. The molecule has 2 nitrogen and oxygen atoms in total. The molecule has 3 unspecified atom stereocenters. The minimum absolute atomic E-state index is 0.377. The van der Waals surface area contributed by atoms with Gasteiger partial charge in [-0.2, -0.15) is 0 Å². The molecule has 0 spiro atoms. The fourth-order valence-corrected chi connectivity index (χ4v) is 2.65. The highest BCUT2D eigenvalue weighted by Gasteiger charge is 2.44. The molecule has 1 aliphatic carbocycles. The SMILES string of the molecule is CC1(O)CCC2CCNCC21. The summed E-state index contributed by atoms with van der Waals surface area (Å²) >= 11 is 0. The highest BCUT2D eigenvalue weighted by Crippen LogP contribution is 2.42. The van der Waals surface area contributed by atoms with Gasteiger partial charge < -0.3 is 10.4 Å². The van der Waals surface area contributed by atoms with Gasteiger partial charge in [0.1, 0.15) is 0 Å². The predicted molar refractivity (Wildman–Crippen MR) is 44.3 cm³/mol. The molecule has 1 aliphatic heterocycles. The fraction of sp³-hybridized carbons (Fsp3) is 1.00. The lowest BCUT2D eigenvalue weighted by Gasteiger charge is -2.33. The van der Waals surface area contributed by atoms with Gasteiger partial charge in [-0.05, 0) is 38.6 Å². The molecular formula is C9H17NO. The van der Waals surface area contributed by atoms with Crippen molar-refractivity contribution < 1.29 is 5.11 Å². The Kier molecular flexibility index (Phi) is 1.69. The van der Waals surface area contributed by atoms with E-state index in [9.17, 15) is 5.11 Å². The maximum absolute atomic E-state index is 9.95. The molecule has 1 saturated heterocycles. The minimum atomic E-state index is -0.377. The van der Waals surface area contributed by atoms with Crippen molar-refractivity contribution in [3.8, 4) is 0 Å². The van der Waals surface area contributed by atoms with Crippen molar-refractivity contribution in [1.82, 2.24) is 5.32 Å². The van der Waals surface area contributed by atoms with Gasteiger partial charge in [0.15, 0.2) is 0 Å². The van der Waals surface area contributed by atoms with E-state index in [-0.39, 0.29) is 5.60 Å². The Morgan fingerprint density at radius 1 is 1.45 bits per heavy atom. The first-order valence-corrected chi connectivity index (χ1v) is 4.63. The summed E-state index contributed by atoms with van der Waals surface area (Å²) in [7, 11) is 0. The van der Waals surface area contributed by atoms with Gasteiger partial charge >= 0.3 is 0 Å². The third-order valence-electron chi connectivity index (χ3n) is 3.45. The third-order valence-corrected chi connectivity index (χ3v) is 3.45. The number of fused-ring (bicyclic) bond motifs is 1. The summed E-state index contributed by atoms with van der Waals surface area (Å²) < 4.78 is 0. The largest absolute Gasteiger partial charge is 0.390 e. The highest BCUT2D eigenvalue weighted by molar-refractivity contribution is 4.97. The van der Waals surface area contributed by atoms with E-state index in [4.69, 9.17) is 0 Å². The summed E-state index contributed by atoms with van der Waals surface area (Å²) in [6.07, 6.45) is 3.50. The molecule has 0 bridgehead atoms. The van der Waals surface area contributed by atoms with Crippen molar-refractivity contribution >= 4 is 0 Å². The van der Waals surface area contributed by atoms with E-state index >= 15 is 0 Å². The summed E-state index contributed by atoms with van der Waals surface area (Å²) in [5, 5.41) is 13.3. The molecule has 0 aromatic carbocycles. The van der Waals surface area contributed by atoms with E-state index in [0.29, 0.717) is 5.92 Å². The zero-order valence-electron chi connectivity index (χ0n) is 7.14. The van der Waals surface area contributed by atoms with Crippen molar-refractivity contribution in [3.63, 3.8) is 0 Å². The number of nitrogens with one attached hydrogen (secondary N) is 1. The quantitative estimate of drug-likeness (QED) is 0.541. The Labute approximate surface area is 68.0 Å². The average molecular weight is 155 g/mol. The standard InChI is InChI=1S/C9H17NO/c1-9(11)4-2-7-3-5-10-6-8(7)9/h7-8,10-11H,2-6H2,1H3. The molecule has 64 valence electrons. The lowest BCUT2D eigenvalue weighted by molar-refractivity contribution is 0.00414. The minimum Gasteiger partial charge on any atom is -0.390 e. The van der Waals surface area contributed by atoms with Crippen LogP contribution in [0.25, 0.3) is 0 Å². The number of aliphatic hydroxyl groups is 1. The van der Waals surface area contributed by atoms with E-state index in [1.165, 1.54) is 12.8 Å². The maximum atomic E-state index is 9.95. The molecule has 2 N–H and O–H groups in total. The normalized spacial score (nSPS) is 50.7. The molecule has 3 atom stereocenters. The average Bonchev–Trinajstić information content (AvgIpc) is 2.29. The van der Waals surface area contributed by atoms with Gasteiger partial charge in [-0.3, -0.25) is 0 Å². The lowest BCUT2D eigenvalue weighted by atomic mass is 9.83. The molecule has 0 amide bonds. The van der Waals surface area contributed by atoms with Crippen LogP contribution in [0.1, 0.15) is 26.2 Å². The van der Waals surface area contributed by atoms with E-state index in [0.717, 1.165) is 25.4 Å². The van der Waals surface area contributed by atoms with E-state index in [1.54, 1.807) is 0 Å². The molecule has 2 heteroatoms. The predicted octanol–water partition coefficient (Wildman–Crippen LogP) is 0.757. The third kappa shape index (κ3) is 1.18. The molecule has 0 aromatic heterocycles. The van der Waals surface area contributed by atoms with Crippen LogP contribution in [0.2, 0.25) is 0 Å². The number of rotatable bonds is 0. The molecule has 11 heavy (non-hydrogen) atoms. The molecule has 2 fully saturated rings. The lowest BCUT2D eigenvalue weighted by Crippen LogP contribution is -2.43. The first kappa shape index (κ1) is 7.56. The van der Waals surface area contributed by atoms with Crippen LogP contribution >= 0.6 is 0 Å². The maximum Gasteiger partial charge on any atom is 0.0662 e. The van der Waals surface area contributed by atoms with Crippen molar-refractivity contribution in [3.05, 3.63) is 0 Å². The number of hydrogen-bond donors (Lipinski definition) is 2. The van der Waals surface area contributed by atoms with Crippen LogP contribution in [0.3, 0.4) is 0 Å². The Hall–Kier alpha value is -0.0800. The van der Waals surface area contributed by atoms with Crippen molar-refractivity contribution in [2.45, 2.75) is 31.8 Å². The fourth-order valence-electron chi connectivity index (χ4n) is 2.65. The molecule has 2 rings (SSSR count). The molecule has 1 saturated carbocycles. The number of hydrogen-bond acceptors (Lipinski definition) is 2. The second-order valence-electron chi connectivity index (χ2n) is 4.26. The second kappa shape index (κ2) is 2.46. The summed E-state index contributed by atoms with van der Waals surface area (Å²) in [4.78, 5) is 0. The van der Waals surface area contributed by atoms with E-state index < -0.39 is 0 Å². The van der Waals surface area contributed by atoms with Gasteiger partial charge in [0, 0.05) is 12.5 Å². The van der Waals surface area contributed by atoms with Crippen LogP contribution < -0.4 is 5.32 Å². The molecule has 0 aromatic rings. The highest BCUT2D eigenvalue weighted by atomic mass is 16.3. The Bertz CT molecular complexity index is 156. The van der Waals surface area contributed by atoms with Crippen LogP contribution in [-0.4, -0.2) is 23.8 Å². The Balaban J connectivity index is 2.10. The van der Waals surface area contributed by atoms with Gasteiger partial charge in [-0.15, -0.1) is 0 Å². The molecule has 2 aliphatic rings. The van der Waals surface area contributed by atoms with Crippen LogP contribution in [-0.2, 0) is 0 Å². The van der Waals surface area contributed by atoms with Crippen LogP contribution in [0.15, 0.2) is 0 Å². The van der Waals surface area contributed by atoms with Crippen molar-refractivity contribution in [2.75, 3.05) is 13.1 Å². The van der Waals surface area contributed by atoms with Gasteiger partial charge in [-0.1, -0.05) is 0 Å². The van der Waals surface area contributed by atoms with Gasteiger partial charge in [-0.25, -0.2) is 0 Å². The van der Waals surface area contributed by atoms with Crippen LogP contribution in [0, 0.1) is 11.8 Å². The second-order valence-corrected chi connectivity index (χ2v) is 4.26. The summed E-state index contributed by atoms with van der Waals surface area (Å²) in [5.41, 5.74) is -0.377.